The van der Waals surface area contributed by atoms with Gasteiger partial charge in [-0.25, -0.2) is 0 Å². The van der Waals surface area contributed by atoms with Crippen molar-refractivity contribution in [3.05, 3.63) is 24.0 Å². The SMILES string of the molecule is CC(C)CC(Cl)CNC(=O)c1ccnnc1. The van der Waals surface area contributed by atoms with E-state index in [9.17, 15) is 4.79 Å². The second kappa shape index (κ2) is 6.43. The molecule has 1 heterocycles. The number of halogens is 1. The fourth-order valence-electron chi connectivity index (χ4n) is 1.33. The molecule has 1 atom stereocenters. The summed E-state index contributed by atoms with van der Waals surface area (Å²) in [4.78, 5) is 11.6. The average Bonchev–Trinajstić information content (AvgIpc) is 2.26. The van der Waals surface area contributed by atoms with Gasteiger partial charge in [-0.3, -0.25) is 4.79 Å². The van der Waals surface area contributed by atoms with Crippen LogP contribution in [-0.2, 0) is 0 Å². The van der Waals surface area contributed by atoms with Crippen LogP contribution in [0.3, 0.4) is 0 Å². The van der Waals surface area contributed by atoms with E-state index in [0.29, 0.717) is 18.0 Å². The molecule has 16 heavy (non-hydrogen) atoms. The third-order valence-corrected chi connectivity index (χ3v) is 2.39. The molecule has 0 saturated heterocycles. The molecule has 0 fully saturated rings. The molecule has 0 aromatic carbocycles. The van der Waals surface area contributed by atoms with Crippen molar-refractivity contribution in [1.82, 2.24) is 15.5 Å². The van der Waals surface area contributed by atoms with Gasteiger partial charge in [0.05, 0.1) is 23.3 Å². The van der Waals surface area contributed by atoms with Gasteiger partial charge in [-0.15, -0.1) is 11.6 Å². The van der Waals surface area contributed by atoms with Gasteiger partial charge >= 0.3 is 0 Å². The van der Waals surface area contributed by atoms with Crippen LogP contribution in [-0.4, -0.2) is 28.0 Å². The topological polar surface area (TPSA) is 54.9 Å². The number of alkyl halides is 1. The van der Waals surface area contributed by atoms with Gasteiger partial charge in [0.25, 0.3) is 5.91 Å². The zero-order valence-electron chi connectivity index (χ0n) is 9.48. The van der Waals surface area contributed by atoms with Crippen molar-refractivity contribution < 1.29 is 4.79 Å². The van der Waals surface area contributed by atoms with Crippen molar-refractivity contribution in [1.29, 1.82) is 0 Å². The molecule has 0 aliphatic carbocycles. The molecule has 0 aliphatic heterocycles. The van der Waals surface area contributed by atoms with E-state index in [0.717, 1.165) is 6.42 Å². The summed E-state index contributed by atoms with van der Waals surface area (Å²) < 4.78 is 0. The fraction of sp³-hybridized carbons (Fsp3) is 0.545. The largest absolute Gasteiger partial charge is 0.351 e. The van der Waals surface area contributed by atoms with E-state index in [4.69, 9.17) is 11.6 Å². The van der Waals surface area contributed by atoms with Crippen LogP contribution < -0.4 is 5.32 Å². The van der Waals surface area contributed by atoms with E-state index in [2.05, 4.69) is 29.4 Å². The standard InChI is InChI=1S/C11H16ClN3O/c1-8(2)5-10(12)7-13-11(16)9-3-4-14-15-6-9/h3-4,6,8,10H,5,7H2,1-2H3,(H,13,16). The van der Waals surface area contributed by atoms with Gasteiger partial charge in [-0.05, 0) is 18.4 Å². The monoisotopic (exact) mass is 241 g/mol. The number of hydrogen-bond donors (Lipinski definition) is 1. The number of nitrogens with zero attached hydrogens (tertiary/aromatic N) is 2. The van der Waals surface area contributed by atoms with E-state index < -0.39 is 0 Å². The molecular formula is C11H16ClN3O. The van der Waals surface area contributed by atoms with Crippen LogP contribution in [0.1, 0.15) is 30.6 Å². The molecule has 5 heteroatoms. The molecule has 1 amide bonds. The van der Waals surface area contributed by atoms with Crippen molar-refractivity contribution in [2.75, 3.05) is 6.54 Å². The molecule has 1 unspecified atom stereocenters. The zero-order valence-corrected chi connectivity index (χ0v) is 10.2. The minimum Gasteiger partial charge on any atom is -0.351 e. The lowest BCUT2D eigenvalue weighted by molar-refractivity contribution is 0.0952. The zero-order chi connectivity index (χ0) is 12.0. The van der Waals surface area contributed by atoms with Crippen LogP contribution in [0.5, 0.6) is 0 Å². The molecule has 4 nitrogen and oxygen atoms in total. The Morgan fingerprint density at radius 3 is 2.81 bits per heavy atom. The number of nitrogens with one attached hydrogen (secondary N) is 1. The molecule has 0 radical (unpaired) electrons. The Hall–Kier alpha value is -1.16. The second-order valence-corrected chi connectivity index (χ2v) is 4.69. The van der Waals surface area contributed by atoms with Gasteiger partial charge in [0.2, 0.25) is 0 Å². The first-order chi connectivity index (χ1) is 7.59. The number of hydrogen-bond acceptors (Lipinski definition) is 3. The summed E-state index contributed by atoms with van der Waals surface area (Å²) in [5.74, 6) is 0.367. The van der Waals surface area contributed by atoms with Gasteiger partial charge in [-0.1, -0.05) is 13.8 Å². The number of carbonyl (C=O) groups excluding carboxylic acids is 1. The van der Waals surface area contributed by atoms with Gasteiger partial charge < -0.3 is 5.32 Å². The number of amides is 1. The molecule has 1 aromatic rings. The minimum atomic E-state index is -0.163. The van der Waals surface area contributed by atoms with Crippen molar-refractivity contribution in [3.8, 4) is 0 Å². The maximum absolute atomic E-state index is 11.6. The lowest BCUT2D eigenvalue weighted by atomic mass is 10.1. The number of carbonyl (C=O) groups is 1. The first kappa shape index (κ1) is 12.9. The molecule has 0 aliphatic rings. The Balaban J connectivity index is 2.36. The molecule has 0 saturated carbocycles. The molecule has 0 bridgehead atoms. The molecule has 1 rings (SSSR count). The van der Waals surface area contributed by atoms with Gasteiger partial charge in [0.15, 0.2) is 0 Å². The normalized spacial score (nSPS) is 12.5. The Bertz CT molecular complexity index is 329. The summed E-state index contributed by atoms with van der Waals surface area (Å²) in [6.45, 7) is 4.68. The highest BCUT2D eigenvalue weighted by Gasteiger charge is 2.10. The van der Waals surface area contributed by atoms with Crippen molar-refractivity contribution in [2.24, 2.45) is 5.92 Å². The van der Waals surface area contributed by atoms with Crippen LogP contribution in [0.4, 0.5) is 0 Å². The highest BCUT2D eigenvalue weighted by Crippen LogP contribution is 2.09. The Morgan fingerprint density at radius 2 is 2.25 bits per heavy atom. The third kappa shape index (κ3) is 4.57. The second-order valence-electron chi connectivity index (χ2n) is 4.07. The Labute approximate surface area is 100 Å². The molecule has 0 spiro atoms. The lowest BCUT2D eigenvalue weighted by Gasteiger charge is -2.12. The minimum absolute atomic E-state index is 0.0289. The molecular weight excluding hydrogens is 226 g/mol. The fourth-order valence-corrected chi connectivity index (χ4v) is 1.76. The van der Waals surface area contributed by atoms with E-state index in [1.807, 2.05) is 0 Å². The summed E-state index contributed by atoms with van der Waals surface area (Å²) >= 11 is 6.06. The first-order valence-corrected chi connectivity index (χ1v) is 5.72. The predicted octanol–water partition coefficient (Wildman–Crippen LogP) is 1.86. The summed E-state index contributed by atoms with van der Waals surface area (Å²) in [5, 5.41) is 9.98. The van der Waals surface area contributed by atoms with E-state index in [-0.39, 0.29) is 11.3 Å². The van der Waals surface area contributed by atoms with E-state index in [1.165, 1.54) is 12.4 Å². The average molecular weight is 242 g/mol. The van der Waals surface area contributed by atoms with Gasteiger partial charge in [0, 0.05) is 6.54 Å². The Kier molecular flexibility index (Phi) is 5.19. The summed E-state index contributed by atoms with van der Waals surface area (Å²) in [6.07, 6.45) is 3.80. The molecule has 1 aromatic heterocycles. The number of aromatic nitrogens is 2. The highest BCUT2D eigenvalue weighted by molar-refractivity contribution is 6.20. The summed E-state index contributed by atoms with van der Waals surface area (Å²) in [5.41, 5.74) is 0.503. The quantitative estimate of drug-likeness (QED) is 0.801. The summed E-state index contributed by atoms with van der Waals surface area (Å²) in [7, 11) is 0. The van der Waals surface area contributed by atoms with Gasteiger partial charge in [-0.2, -0.15) is 10.2 Å². The van der Waals surface area contributed by atoms with E-state index in [1.54, 1.807) is 6.07 Å². The number of rotatable bonds is 5. The van der Waals surface area contributed by atoms with Crippen molar-refractivity contribution in [2.45, 2.75) is 25.6 Å². The highest BCUT2D eigenvalue weighted by atomic mass is 35.5. The first-order valence-electron chi connectivity index (χ1n) is 5.28. The maximum Gasteiger partial charge on any atom is 0.253 e. The van der Waals surface area contributed by atoms with Crippen LogP contribution in [0.15, 0.2) is 18.5 Å². The molecule has 1 N–H and O–H groups in total. The van der Waals surface area contributed by atoms with E-state index >= 15 is 0 Å². The Morgan fingerprint density at radius 1 is 1.50 bits per heavy atom. The van der Waals surface area contributed by atoms with Gasteiger partial charge in [0.1, 0.15) is 0 Å². The van der Waals surface area contributed by atoms with Crippen LogP contribution in [0.2, 0.25) is 0 Å². The predicted molar refractivity (Wildman–Crippen MR) is 63.5 cm³/mol. The summed E-state index contributed by atoms with van der Waals surface area (Å²) in [6, 6.07) is 1.62. The molecule has 88 valence electrons. The van der Waals surface area contributed by atoms with Crippen molar-refractivity contribution >= 4 is 17.5 Å². The van der Waals surface area contributed by atoms with Crippen LogP contribution >= 0.6 is 11.6 Å². The third-order valence-electron chi connectivity index (χ3n) is 2.06. The van der Waals surface area contributed by atoms with Crippen LogP contribution in [0, 0.1) is 5.92 Å². The van der Waals surface area contributed by atoms with Crippen LogP contribution in [0.25, 0.3) is 0 Å². The smallest absolute Gasteiger partial charge is 0.253 e. The lowest BCUT2D eigenvalue weighted by Crippen LogP contribution is -2.30. The van der Waals surface area contributed by atoms with Crippen molar-refractivity contribution in [3.63, 3.8) is 0 Å². The maximum atomic E-state index is 11.6.